The van der Waals surface area contributed by atoms with E-state index in [-0.39, 0.29) is 12.3 Å². The van der Waals surface area contributed by atoms with Crippen molar-refractivity contribution in [3.8, 4) is 11.4 Å². The van der Waals surface area contributed by atoms with Gasteiger partial charge in [0.15, 0.2) is 17.3 Å². The van der Waals surface area contributed by atoms with Gasteiger partial charge in [-0.1, -0.05) is 19.8 Å². The Hall–Kier alpha value is -2.48. The zero-order valence-electron chi connectivity index (χ0n) is 15.3. The summed E-state index contributed by atoms with van der Waals surface area (Å²) in [5.41, 5.74) is 8.34. The Bertz CT molecular complexity index is 900. The molecule has 2 atom stereocenters. The van der Waals surface area contributed by atoms with E-state index in [0.717, 1.165) is 31.4 Å². The molecule has 3 aromatic rings. The van der Waals surface area contributed by atoms with Crippen LogP contribution in [0.15, 0.2) is 18.7 Å². The van der Waals surface area contributed by atoms with Gasteiger partial charge in [-0.3, -0.25) is 9.25 Å². The highest BCUT2D eigenvalue weighted by Gasteiger charge is 2.26. The number of aromatic nitrogens is 6. The number of rotatable bonds is 6. The molecule has 138 valence electrons. The van der Waals surface area contributed by atoms with Crippen molar-refractivity contribution in [2.45, 2.75) is 64.8 Å². The quantitative estimate of drug-likeness (QED) is 0.682. The molecule has 4 rings (SSSR count). The second-order valence-corrected chi connectivity index (χ2v) is 6.93. The summed E-state index contributed by atoms with van der Waals surface area (Å²) in [4.78, 5) is 13.5. The van der Waals surface area contributed by atoms with Crippen LogP contribution >= 0.6 is 0 Å². The van der Waals surface area contributed by atoms with Crippen LogP contribution in [-0.4, -0.2) is 35.4 Å². The van der Waals surface area contributed by atoms with Gasteiger partial charge < -0.3 is 10.5 Å². The van der Waals surface area contributed by atoms with Gasteiger partial charge in [0.25, 0.3) is 0 Å². The Kier molecular flexibility index (Phi) is 4.58. The normalized spacial score (nSPS) is 20.2. The van der Waals surface area contributed by atoms with Gasteiger partial charge in [-0.2, -0.15) is 5.10 Å². The molecule has 8 nitrogen and oxygen atoms in total. The fourth-order valence-corrected chi connectivity index (χ4v) is 3.39. The van der Waals surface area contributed by atoms with Crippen molar-refractivity contribution in [1.29, 1.82) is 0 Å². The van der Waals surface area contributed by atoms with E-state index >= 15 is 0 Å². The molecule has 26 heavy (non-hydrogen) atoms. The van der Waals surface area contributed by atoms with Crippen molar-refractivity contribution in [3.05, 3.63) is 18.7 Å². The number of hydrogen-bond donors (Lipinski definition) is 1. The Morgan fingerprint density at radius 2 is 2.15 bits per heavy atom. The van der Waals surface area contributed by atoms with Crippen molar-refractivity contribution in [3.63, 3.8) is 0 Å². The van der Waals surface area contributed by atoms with Gasteiger partial charge in [0, 0.05) is 12.7 Å². The molecule has 2 N–H and O–H groups in total. The summed E-state index contributed by atoms with van der Waals surface area (Å²) in [5, 5.41) is 4.42. The second-order valence-electron chi connectivity index (χ2n) is 6.93. The molecule has 0 saturated carbocycles. The molecule has 0 aliphatic carbocycles. The Morgan fingerprint density at radius 1 is 1.27 bits per heavy atom. The SMILES string of the molecule is CCCCCn1cc(-c2nc(N)c3ncn(C4CC[C@H](C)O4)c3n2)cn1. The molecule has 1 aliphatic heterocycles. The summed E-state index contributed by atoms with van der Waals surface area (Å²) in [6, 6.07) is 0. The molecule has 3 aromatic heterocycles. The largest absolute Gasteiger partial charge is 0.382 e. The molecule has 1 aliphatic rings. The molecule has 0 bridgehead atoms. The summed E-state index contributed by atoms with van der Waals surface area (Å²) < 4.78 is 9.87. The van der Waals surface area contributed by atoms with E-state index < -0.39 is 0 Å². The van der Waals surface area contributed by atoms with Crippen LogP contribution in [0.5, 0.6) is 0 Å². The number of nitrogen functional groups attached to an aromatic ring is 1. The smallest absolute Gasteiger partial charge is 0.168 e. The van der Waals surface area contributed by atoms with Crippen molar-refractivity contribution in [1.82, 2.24) is 29.3 Å². The standard InChI is InChI=1S/C18H25N7O/c1-3-4-5-8-24-10-13(9-21-24)17-22-16(19)15-18(23-17)25(11-20-15)14-7-6-12(2)26-14/h9-12,14H,3-8H2,1-2H3,(H2,19,22,23)/t12-,14?/m0/s1. The average Bonchev–Trinajstić information content (AvgIpc) is 3.34. The lowest BCUT2D eigenvalue weighted by molar-refractivity contribution is 0.0132. The number of anilines is 1. The van der Waals surface area contributed by atoms with Crippen LogP contribution in [0.1, 0.15) is 52.2 Å². The number of aryl methyl sites for hydroxylation is 1. The van der Waals surface area contributed by atoms with Gasteiger partial charge >= 0.3 is 0 Å². The third-order valence-corrected chi connectivity index (χ3v) is 4.85. The molecular weight excluding hydrogens is 330 g/mol. The van der Waals surface area contributed by atoms with Gasteiger partial charge in [0.05, 0.1) is 24.2 Å². The van der Waals surface area contributed by atoms with Crippen molar-refractivity contribution < 1.29 is 4.74 Å². The fourth-order valence-electron chi connectivity index (χ4n) is 3.39. The van der Waals surface area contributed by atoms with E-state index in [1.54, 1.807) is 12.5 Å². The number of hydrogen-bond acceptors (Lipinski definition) is 6. The van der Waals surface area contributed by atoms with Crippen LogP contribution in [0.4, 0.5) is 5.82 Å². The van der Waals surface area contributed by atoms with Crippen LogP contribution in [0, 0.1) is 0 Å². The Labute approximate surface area is 152 Å². The molecule has 1 unspecified atom stereocenters. The molecule has 8 heteroatoms. The first-order valence-corrected chi connectivity index (χ1v) is 9.34. The molecular formula is C18H25N7O. The highest BCUT2D eigenvalue weighted by atomic mass is 16.5. The topological polar surface area (TPSA) is 96.7 Å². The van der Waals surface area contributed by atoms with Crippen LogP contribution < -0.4 is 5.73 Å². The summed E-state index contributed by atoms with van der Waals surface area (Å²) in [6.07, 6.45) is 11.2. The number of fused-ring (bicyclic) bond motifs is 1. The summed E-state index contributed by atoms with van der Waals surface area (Å²) >= 11 is 0. The molecule has 0 radical (unpaired) electrons. The van der Waals surface area contributed by atoms with E-state index in [9.17, 15) is 0 Å². The number of nitrogens with two attached hydrogens (primary N) is 1. The molecule has 1 fully saturated rings. The molecule has 0 aromatic carbocycles. The lowest BCUT2D eigenvalue weighted by Crippen LogP contribution is -2.09. The molecule has 1 saturated heterocycles. The lowest BCUT2D eigenvalue weighted by Gasteiger charge is -2.13. The summed E-state index contributed by atoms with van der Waals surface area (Å²) in [5.74, 6) is 0.957. The third kappa shape index (κ3) is 3.16. The minimum Gasteiger partial charge on any atom is -0.382 e. The van der Waals surface area contributed by atoms with E-state index in [1.165, 1.54) is 12.8 Å². The maximum atomic E-state index is 6.14. The van der Waals surface area contributed by atoms with Crippen LogP contribution in [-0.2, 0) is 11.3 Å². The predicted octanol–water partition coefficient (Wildman–Crippen LogP) is 3.16. The first-order valence-electron chi connectivity index (χ1n) is 9.34. The number of imidazole rings is 1. The maximum absolute atomic E-state index is 6.14. The molecule has 0 amide bonds. The molecule has 4 heterocycles. The van der Waals surface area contributed by atoms with Crippen molar-refractivity contribution in [2.75, 3.05) is 5.73 Å². The second kappa shape index (κ2) is 7.03. The predicted molar refractivity (Wildman–Crippen MR) is 99.3 cm³/mol. The van der Waals surface area contributed by atoms with Crippen LogP contribution in [0.3, 0.4) is 0 Å². The maximum Gasteiger partial charge on any atom is 0.168 e. The monoisotopic (exact) mass is 355 g/mol. The van der Waals surface area contributed by atoms with Crippen molar-refractivity contribution >= 4 is 17.0 Å². The Balaban J connectivity index is 1.66. The number of unbranched alkanes of at least 4 members (excludes halogenated alkanes) is 2. The van der Waals surface area contributed by atoms with E-state index in [1.807, 2.05) is 15.4 Å². The fraction of sp³-hybridized carbons (Fsp3) is 0.556. The van der Waals surface area contributed by atoms with Crippen LogP contribution in [0.25, 0.3) is 22.6 Å². The van der Waals surface area contributed by atoms with Gasteiger partial charge in [0.1, 0.15) is 11.7 Å². The third-order valence-electron chi connectivity index (χ3n) is 4.85. The van der Waals surface area contributed by atoms with E-state index in [4.69, 9.17) is 15.5 Å². The van der Waals surface area contributed by atoms with E-state index in [2.05, 4.69) is 28.9 Å². The van der Waals surface area contributed by atoms with Gasteiger partial charge in [-0.15, -0.1) is 0 Å². The number of ether oxygens (including phenoxy) is 1. The summed E-state index contributed by atoms with van der Waals surface area (Å²) in [6.45, 7) is 5.18. The zero-order chi connectivity index (χ0) is 18.1. The minimum absolute atomic E-state index is 0.0473. The highest BCUT2D eigenvalue weighted by Crippen LogP contribution is 2.31. The first-order chi connectivity index (χ1) is 12.7. The zero-order valence-corrected chi connectivity index (χ0v) is 15.3. The van der Waals surface area contributed by atoms with Gasteiger partial charge in [-0.05, 0) is 26.2 Å². The lowest BCUT2D eigenvalue weighted by atomic mass is 10.2. The van der Waals surface area contributed by atoms with E-state index in [0.29, 0.717) is 22.8 Å². The summed E-state index contributed by atoms with van der Waals surface area (Å²) in [7, 11) is 0. The number of nitrogens with zero attached hydrogens (tertiary/aromatic N) is 6. The van der Waals surface area contributed by atoms with Gasteiger partial charge in [0.2, 0.25) is 0 Å². The Morgan fingerprint density at radius 3 is 2.92 bits per heavy atom. The van der Waals surface area contributed by atoms with Crippen LogP contribution in [0.2, 0.25) is 0 Å². The molecule has 0 spiro atoms. The average molecular weight is 355 g/mol. The first kappa shape index (κ1) is 17.0. The van der Waals surface area contributed by atoms with Crippen molar-refractivity contribution in [2.24, 2.45) is 0 Å². The highest BCUT2D eigenvalue weighted by molar-refractivity contribution is 5.83. The van der Waals surface area contributed by atoms with Gasteiger partial charge in [-0.25, -0.2) is 15.0 Å². The minimum atomic E-state index is -0.0473.